The van der Waals surface area contributed by atoms with Crippen LogP contribution in [0.1, 0.15) is 31.0 Å². The minimum atomic E-state index is -0.106. The highest BCUT2D eigenvalue weighted by Gasteiger charge is 2.29. The van der Waals surface area contributed by atoms with E-state index in [-0.39, 0.29) is 11.8 Å². The van der Waals surface area contributed by atoms with Crippen LogP contribution in [0.3, 0.4) is 0 Å². The average Bonchev–Trinajstić information content (AvgIpc) is 3.42. The van der Waals surface area contributed by atoms with Gasteiger partial charge in [-0.15, -0.1) is 0 Å². The maximum Gasteiger partial charge on any atom is 0.229 e. The highest BCUT2D eigenvalue weighted by molar-refractivity contribution is 7.22. The Morgan fingerprint density at radius 1 is 1.18 bits per heavy atom. The zero-order valence-corrected chi connectivity index (χ0v) is 20.6. The molecule has 0 aliphatic carbocycles. The molecule has 2 aromatic carbocycles. The number of piperidine rings is 1. The van der Waals surface area contributed by atoms with Crippen molar-refractivity contribution in [3.8, 4) is 11.4 Å². The van der Waals surface area contributed by atoms with Crippen LogP contribution in [-0.2, 0) is 4.79 Å². The maximum absolute atomic E-state index is 13.1. The van der Waals surface area contributed by atoms with Gasteiger partial charge in [-0.2, -0.15) is 10.1 Å². The molecule has 34 heavy (non-hydrogen) atoms. The standard InChI is InChI=1S/C26H29N5O2S/c1-4-33-22-10-6-5-9-21(22)27-25(32)19-8-7-15-30(16-19)26-28-24-23(34-26)18(3)29-31(24)20-13-11-17(2)12-14-20/h5-6,9-14,19H,4,7-8,15-16H2,1-3H3,(H,27,32). The molecule has 1 aliphatic heterocycles. The van der Waals surface area contributed by atoms with E-state index in [1.807, 2.05) is 42.8 Å². The Hall–Kier alpha value is -3.39. The van der Waals surface area contributed by atoms with Crippen molar-refractivity contribution in [2.75, 3.05) is 29.9 Å². The first-order valence-corrected chi connectivity index (χ1v) is 12.6. The van der Waals surface area contributed by atoms with E-state index in [2.05, 4.69) is 41.4 Å². The van der Waals surface area contributed by atoms with Gasteiger partial charge in [0.25, 0.3) is 0 Å². The van der Waals surface area contributed by atoms with Crippen LogP contribution in [0.5, 0.6) is 5.75 Å². The van der Waals surface area contributed by atoms with Gasteiger partial charge in [0.15, 0.2) is 10.8 Å². The van der Waals surface area contributed by atoms with Gasteiger partial charge in [-0.05, 0) is 57.9 Å². The lowest BCUT2D eigenvalue weighted by Gasteiger charge is -2.31. The lowest BCUT2D eigenvalue weighted by atomic mass is 9.97. The predicted molar refractivity (Wildman–Crippen MR) is 137 cm³/mol. The Morgan fingerprint density at radius 3 is 2.76 bits per heavy atom. The molecule has 1 atom stereocenters. The van der Waals surface area contributed by atoms with Gasteiger partial charge < -0.3 is 15.0 Å². The van der Waals surface area contributed by atoms with Gasteiger partial charge in [0.2, 0.25) is 5.91 Å². The Kier molecular flexibility index (Phi) is 6.24. The van der Waals surface area contributed by atoms with E-state index in [0.29, 0.717) is 18.9 Å². The van der Waals surface area contributed by atoms with E-state index in [1.54, 1.807) is 11.3 Å². The monoisotopic (exact) mass is 475 g/mol. The van der Waals surface area contributed by atoms with E-state index in [0.717, 1.165) is 51.9 Å². The van der Waals surface area contributed by atoms with Gasteiger partial charge in [0.05, 0.1) is 34.3 Å². The minimum absolute atomic E-state index is 0.0278. The van der Waals surface area contributed by atoms with Crippen LogP contribution in [0, 0.1) is 19.8 Å². The van der Waals surface area contributed by atoms with Crippen molar-refractivity contribution in [3.05, 3.63) is 59.8 Å². The molecule has 8 heteroatoms. The second-order valence-electron chi connectivity index (χ2n) is 8.69. The topological polar surface area (TPSA) is 72.3 Å². The molecule has 7 nitrogen and oxygen atoms in total. The number of ether oxygens (including phenoxy) is 1. The van der Waals surface area contributed by atoms with Crippen molar-refractivity contribution in [2.24, 2.45) is 5.92 Å². The van der Waals surface area contributed by atoms with E-state index in [9.17, 15) is 4.79 Å². The summed E-state index contributed by atoms with van der Waals surface area (Å²) >= 11 is 1.66. The number of carbonyl (C=O) groups excluding carboxylic acids is 1. The van der Waals surface area contributed by atoms with Gasteiger partial charge >= 0.3 is 0 Å². The summed E-state index contributed by atoms with van der Waals surface area (Å²) in [6, 6.07) is 15.9. The van der Waals surface area contributed by atoms with Crippen LogP contribution >= 0.6 is 11.3 Å². The van der Waals surface area contributed by atoms with E-state index in [1.165, 1.54) is 5.56 Å². The third kappa shape index (κ3) is 4.37. The van der Waals surface area contributed by atoms with Crippen molar-refractivity contribution in [3.63, 3.8) is 0 Å². The molecule has 2 aromatic heterocycles. The molecule has 0 bridgehead atoms. The molecule has 1 unspecified atom stereocenters. The largest absolute Gasteiger partial charge is 0.492 e. The van der Waals surface area contributed by atoms with Crippen molar-refractivity contribution < 1.29 is 9.53 Å². The normalized spacial score (nSPS) is 16.1. The summed E-state index contributed by atoms with van der Waals surface area (Å²) < 4.78 is 8.67. The number of thiazole rings is 1. The lowest BCUT2D eigenvalue weighted by molar-refractivity contribution is -0.120. The maximum atomic E-state index is 13.1. The Balaban J connectivity index is 1.35. The van der Waals surface area contributed by atoms with Crippen molar-refractivity contribution in [2.45, 2.75) is 33.6 Å². The fraction of sp³-hybridized carbons (Fsp3) is 0.346. The number of nitrogens with zero attached hydrogens (tertiary/aromatic N) is 4. The minimum Gasteiger partial charge on any atom is -0.492 e. The Labute approximate surface area is 203 Å². The summed E-state index contributed by atoms with van der Waals surface area (Å²) in [5.74, 6) is 0.624. The number of rotatable bonds is 6. The van der Waals surface area contributed by atoms with Crippen LogP contribution in [0.25, 0.3) is 16.0 Å². The number of hydrogen-bond acceptors (Lipinski definition) is 6. The highest BCUT2D eigenvalue weighted by atomic mass is 32.1. The van der Waals surface area contributed by atoms with E-state index < -0.39 is 0 Å². The van der Waals surface area contributed by atoms with Gasteiger partial charge in [0.1, 0.15) is 5.75 Å². The Bertz CT molecular complexity index is 1310. The summed E-state index contributed by atoms with van der Waals surface area (Å²) in [6.07, 6.45) is 1.81. The summed E-state index contributed by atoms with van der Waals surface area (Å²) in [4.78, 5) is 20.3. The van der Waals surface area contributed by atoms with Gasteiger partial charge in [-0.25, -0.2) is 4.68 Å². The van der Waals surface area contributed by atoms with Crippen LogP contribution in [0.4, 0.5) is 10.8 Å². The number of nitrogens with one attached hydrogen (secondary N) is 1. The van der Waals surface area contributed by atoms with Crippen LogP contribution in [-0.4, -0.2) is 40.4 Å². The first-order valence-electron chi connectivity index (χ1n) is 11.7. The van der Waals surface area contributed by atoms with E-state index >= 15 is 0 Å². The van der Waals surface area contributed by atoms with Crippen LogP contribution in [0.2, 0.25) is 0 Å². The quantitative estimate of drug-likeness (QED) is 0.407. The first kappa shape index (κ1) is 22.4. The molecular formula is C26H29N5O2S. The smallest absolute Gasteiger partial charge is 0.229 e. The summed E-state index contributed by atoms with van der Waals surface area (Å²) in [6.45, 7) is 8.14. The summed E-state index contributed by atoms with van der Waals surface area (Å²) in [7, 11) is 0. The predicted octanol–water partition coefficient (Wildman–Crippen LogP) is 5.35. The molecule has 1 saturated heterocycles. The molecule has 5 rings (SSSR count). The molecule has 1 amide bonds. The fourth-order valence-electron chi connectivity index (χ4n) is 4.38. The molecular weight excluding hydrogens is 446 g/mol. The number of aryl methyl sites for hydroxylation is 2. The van der Waals surface area contributed by atoms with Gasteiger partial charge in [-0.1, -0.05) is 41.2 Å². The summed E-state index contributed by atoms with van der Waals surface area (Å²) in [5.41, 5.74) is 4.78. The molecule has 0 spiro atoms. The molecule has 1 fully saturated rings. The number of para-hydroxylation sites is 2. The highest BCUT2D eigenvalue weighted by Crippen LogP contribution is 2.35. The summed E-state index contributed by atoms with van der Waals surface area (Å²) in [5, 5.41) is 8.75. The molecule has 0 saturated carbocycles. The third-order valence-corrected chi connectivity index (χ3v) is 7.38. The molecule has 3 heterocycles. The second-order valence-corrected chi connectivity index (χ2v) is 9.66. The fourth-order valence-corrected chi connectivity index (χ4v) is 5.40. The molecule has 4 aromatic rings. The lowest BCUT2D eigenvalue weighted by Crippen LogP contribution is -2.40. The molecule has 1 N–H and O–H groups in total. The number of amides is 1. The van der Waals surface area contributed by atoms with Crippen molar-refractivity contribution in [1.82, 2.24) is 14.8 Å². The van der Waals surface area contributed by atoms with Gasteiger partial charge in [-0.3, -0.25) is 4.79 Å². The molecule has 1 aliphatic rings. The number of carbonyl (C=O) groups is 1. The second kappa shape index (κ2) is 9.46. The van der Waals surface area contributed by atoms with Crippen LogP contribution < -0.4 is 15.0 Å². The van der Waals surface area contributed by atoms with Gasteiger partial charge in [0, 0.05) is 13.1 Å². The van der Waals surface area contributed by atoms with Crippen molar-refractivity contribution in [1.29, 1.82) is 0 Å². The van der Waals surface area contributed by atoms with Crippen LogP contribution in [0.15, 0.2) is 48.5 Å². The molecule has 0 radical (unpaired) electrons. The number of aromatic nitrogens is 3. The number of fused-ring (bicyclic) bond motifs is 1. The molecule has 176 valence electrons. The first-order chi connectivity index (χ1) is 16.5. The Morgan fingerprint density at radius 2 is 1.97 bits per heavy atom. The number of hydrogen-bond donors (Lipinski definition) is 1. The average molecular weight is 476 g/mol. The zero-order chi connectivity index (χ0) is 23.7. The SMILES string of the molecule is CCOc1ccccc1NC(=O)C1CCCN(c2nc3c(s2)c(C)nn3-c2ccc(C)cc2)C1. The zero-order valence-electron chi connectivity index (χ0n) is 19.7. The van der Waals surface area contributed by atoms with E-state index in [4.69, 9.17) is 14.8 Å². The third-order valence-electron chi connectivity index (χ3n) is 6.16. The van der Waals surface area contributed by atoms with Crippen molar-refractivity contribution >= 4 is 38.4 Å². The number of benzene rings is 2. The number of anilines is 2.